The molecule has 0 saturated heterocycles. The van der Waals surface area contributed by atoms with Gasteiger partial charge in [0.1, 0.15) is 4.88 Å². The first-order chi connectivity index (χ1) is 6.80. The summed E-state index contributed by atoms with van der Waals surface area (Å²) in [5.41, 5.74) is 0. The summed E-state index contributed by atoms with van der Waals surface area (Å²) in [6, 6.07) is 2.31. The van der Waals surface area contributed by atoms with E-state index in [1.807, 2.05) is 0 Å². The highest BCUT2D eigenvalue weighted by atomic mass is 32.1. The van der Waals surface area contributed by atoms with Crippen molar-refractivity contribution in [1.82, 2.24) is 0 Å². The van der Waals surface area contributed by atoms with Crippen LogP contribution in [-0.2, 0) is 17.4 Å². The van der Waals surface area contributed by atoms with E-state index >= 15 is 0 Å². The van der Waals surface area contributed by atoms with Crippen molar-refractivity contribution in [3.63, 3.8) is 0 Å². The molecule has 1 N–H and O–H groups in total. The summed E-state index contributed by atoms with van der Waals surface area (Å²) in [6.07, 6.45) is -4.20. The fourth-order valence-electron chi connectivity index (χ4n) is 1.03. The molecular formula is C9H9F3O2S. The smallest absolute Gasteiger partial charge is 0.425 e. The lowest BCUT2D eigenvalue weighted by molar-refractivity contribution is -0.141. The topological polar surface area (TPSA) is 37.3 Å². The van der Waals surface area contributed by atoms with Gasteiger partial charge in [-0.15, -0.1) is 11.3 Å². The van der Waals surface area contributed by atoms with Gasteiger partial charge in [0.2, 0.25) is 0 Å². The molecule has 1 atom stereocenters. The molecule has 0 fully saturated rings. The average molecular weight is 238 g/mol. The van der Waals surface area contributed by atoms with E-state index in [9.17, 15) is 18.0 Å². The highest BCUT2D eigenvalue weighted by Gasteiger charge is 2.32. The third kappa shape index (κ3) is 3.23. The number of carboxylic acids is 1. The third-order valence-corrected chi connectivity index (χ3v) is 3.02. The van der Waals surface area contributed by atoms with Crippen LogP contribution in [-0.4, -0.2) is 11.1 Å². The summed E-state index contributed by atoms with van der Waals surface area (Å²) in [4.78, 5) is 10.2. The summed E-state index contributed by atoms with van der Waals surface area (Å²) >= 11 is 0.597. The maximum atomic E-state index is 12.2. The van der Waals surface area contributed by atoms with E-state index in [2.05, 4.69) is 0 Å². The van der Waals surface area contributed by atoms with Crippen molar-refractivity contribution < 1.29 is 23.1 Å². The van der Waals surface area contributed by atoms with Gasteiger partial charge in [0.05, 0.1) is 5.92 Å². The van der Waals surface area contributed by atoms with E-state index in [1.165, 1.54) is 13.0 Å². The van der Waals surface area contributed by atoms with Gasteiger partial charge in [-0.05, 0) is 18.6 Å². The van der Waals surface area contributed by atoms with Crippen molar-refractivity contribution in [1.29, 1.82) is 0 Å². The zero-order valence-corrected chi connectivity index (χ0v) is 8.65. The van der Waals surface area contributed by atoms with Gasteiger partial charge in [0, 0.05) is 4.88 Å². The fourth-order valence-corrected chi connectivity index (χ4v) is 2.03. The fraction of sp³-hybridized carbons (Fsp3) is 0.444. The van der Waals surface area contributed by atoms with Crippen molar-refractivity contribution in [3.8, 4) is 0 Å². The number of alkyl halides is 3. The molecule has 0 bridgehead atoms. The number of carboxylic acid groups (broad SMARTS) is 1. The summed E-state index contributed by atoms with van der Waals surface area (Å²) < 4.78 is 36.6. The van der Waals surface area contributed by atoms with E-state index < -0.39 is 22.9 Å². The molecule has 1 rings (SSSR count). The van der Waals surface area contributed by atoms with Crippen LogP contribution in [0.1, 0.15) is 16.7 Å². The van der Waals surface area contributed by atoms with Crippen LogP contribution in [0.25, 0.3) is 0 Å². The Balaban J connectivity index is 2.73. The summed E-state index contributed by atoms with van der Waals surface area (Å²) in [5.74, 6) is -1.67. The van der Waals surface area contributed by atoms with Crippen LogP contribution < -0.4 is 0 Å². The van der Waals surface area contributed by atoms with E-state index in [0.29, 0.717) is 16.2 Å². The molecule has 0 saturated carbocycles. The second-order valence-electron chi connectivity index (χ2n) is 3.21. The Morgan fingerprint density at radius 1 is 1.53 bits per heavy atom. The minimum absolute atomic E-state index is 0.135. The Hall–Kier alpha value is -1.04. The van der Waals surface area contributed by atoms with Crippen LogP contribution in [0.2, 0.25) is 0 Å². The standard InChI is InChI=1S/C9H9F3O2S/c1-5(8(13)14)4-6-2-3-7(15-6)9(10,11)12/h2-3,5H,4H2,1H3,(H,13,14). The summed E-state index contributed by atoms with van der Waals surface area (Å²) in [5, 5.41) is 8.59. The minimum Gasteiger partial charge on any atom is -0.481 e. The van der Waals surface area contributed by atoms with E-state index in [0.717, 1.165) is 6.07 Å². The molecule has 1 heterocycles. The first-order valence-electron chi connectivity index (χ1n) is 4.19. The number of hydrogen-bond donors (Lipinski definition) is 1. The molecule has 0 aliphatic carbocycles. The maximum absolute atomic E-state index is 12.2. The van der Waals surface area contributed by atoms with Crippen molar-refractivity contribution in [3.05, 3.63) is 21.9 Å². The minimum atomic E-state index is -4.34. The zero-order valence-electron chi connectivity index (χ0n) is 7.84. The van der Waals surface area contributed by atoms with Gasteiger partial charge in [-0.3, -0.25) is 4.79 Å². The van der Waals surface area contributed by atoms with Crippen LogP contribution in [0, 0.1) is 5.92 Å². The largest absolute Gasteiger partial charge is 0.481 e. The quantitative estimate of drug-likeness (QED) is 0.878. The number of carbonyl (C=O) groups is 1. The number of rotatable bonds is 3. The molecule has 84 valence electrons. The third-order valence-electron chi connectivity index (χ3n) is 1.87. The lowest BCUT2D eigenvalue weighted by Crippen LogP contribution is -2.11. The Labute approximate surface area is 88.3 Å². The first kappa shape index (κ1) is 12.0. The molecule has 2 nitrogen and oxygen atoms in total. The average Bonchev–Trinajstić information content (AvgIpc) is 2.51. The number of aliphatic carboxylic acids is 1. The second-order valence-corrected chi connectivity index (χ2v) is 4.38. The van der Waals surface area contributed by atoms with Crippen molar-refractivity contribution in [2.45, 2.75) is 19.5 Å². The van der Waals surface area contributed by atoms with E-state index in [4.69, 9.17) is 5.11 Å². The molecular weight excluding hydrogens is 229 g/mol. The van der Waals surface area contributed by atoms with Gasteiger partial charge in [0.25, 0.3) is 0 Å². The molecule has 0 aromatic carbocycles. The lowest BCUT2D eigenvalue weighted by Gasteiger charge is -2.03. The zero-order chi connectivity index (χ0) is 11.6. The van der Waals surface area contributed by atoms with Crippen molar-refractivity contribution in [2.75, 3.05) is 0 Å². The number of halogens is 3. The number of hydrogen-bond acceptors (Lipinski definition) is 2. The molecule has 1 unspecified atom stereocenters. The Bertz CT molecular complexity index is 356. The van der Waals surface area contributed by atoms with Crippen LogP contribution in [0.5, 0.6) is 0 Å². The summed E-state index contributed by atoms with van der Waals surface area (Å²) in [6.45, 7) is 1.47. The van der Waals surface area contributed by atoms with Gasteiger partial charge in [-0.1, -0.05) is 6.92 Å². The Morgan fingerprint density at radius 2 is 2.13 bits per heavy atom. The van der Waals surface area contributed by atoms with Crippen LogP contribution in [0.15, 0.2) is 12.1 Å². The first-order valence-corrected chi connectivity index (χ1v) is 5.01. The number of thiophene rings is 1. The molecule has 0 aliphatic heterocycles. The monoisotopic (exact) mass is 238 g/mol. The predicted octanol–water partition coefficient (Wildman–Crippen LogP) is 3.03. The molecule has 0 aliphatic rings. The Kier molecular flexibility index (Phi) is 3.38. The lowest BCUT2D eigenvalue weighted by atomic mass is 10.1. The van der Waals surface area contributed by atoms with Crippen LogP contribution in [0.4, 0.5) is 13.2 Å². The van der Waals surface area contributed by atoms with Gasteiger partial charge < -0.3 is 5.11 Å². The van der Waals surface area contributed by atoms with E-state index in [1.54, 1.807) is 0 Å². The molecule has 15 heavy (non-hydrogen) atoms. The van der Waals surface area contributed by atoms with Gasteiger partial charge in [-0.25, -0.2) is 0 Å². The maximum Gasteiger partial charge on any atom is 0.425 e. The molecule has 0 amide bonds. The normalized spacial score (nSPS) is 13.9. The summed E-state index contributed by atoms with van der Waals surface area (Å²) in [7, 11) is 0. The van der Waals surface area contributed by atoms with Gasteiger partial charge in [-0.2, -0.15) is 13.2 Å². The molecule has 6 heteroatoms. The molecule has 0 spiro atoms. The predicted molar refractivity (Wildman–Crippen MR) is 49.8 cm³/mol. The molecule has 1 aromatic heterocycles. The molecule has 0 radical (unpaired) electrons. The van der Waals surface area contributed by atoms with E-state index in [-0.39, 0.29) is 6.42 Å². The SMILES string of the molecule is CC(Cc1ccc(C(F)(F)F)s1)C(=O)O. The highest BCUT2D eigenvalue weighted by molar-refractivity contribution is 7.12. The molecule has 1 aromatic rings. The Morgan fingerprint density at radius 3 is 2.53 bits per heavy atom. The van der Waals surface area contributed by atoms with Crippen molar-refractivity contribution >= 4 is 17.3 Å². The van der Waals surface area contributed by atoms with Gasteiger partial charge in [0.15, 0.2) is 0 Å². The highest BCUT2D eigenvalue weighted by Crippen LogP contribution is 2.35. The van der Waals surface area contributed by atoms with Crippen molar-refractivity contribution in [2.24, 2.45) is 5.92 Å². The van der Waals surface area contributed by atoms with Crippen LogP contribution in [0.3, 0.4) is 0 Å². The van der Waals surface area contributed by atoms with Crippen LogP contribution >= 0.6 is 11.3 Å². The second kappa shape index (κ2) is 4.22. The van der Waals surface area contributed by atoms with Gasteiger partial charge >= 0.3 is 12.1 Å².